The maximum Gasteiger partial charge on any atom is 0.237 e. The van der Waals surface area contributed by atoms with Crippen molar-refractivity contribution in [3.05, 3.63) is 66.2 Å². The topological polar surface area (TPSA) is 20.3 Å². The van der Waals surface area contributed by atoms with Crippen molar-refractivity contribution >= 4 is 11.6 Å². The number of anilines is 1. The highest BCUT2D eigenvalue weighted by molar-refractivity contribution is 6.01. The molecule has 0 bridgehead atoms. The molecule has 2 aromatic rings. The summed E-state index contributed by atoms with van der Waals surface area (Å²) in [6.07, 6.45) is 3.03. The van der Waals surface area contributed by atoms with E-state index in [4.69, 9.17) is 0 Å². The molecule has 0 N–H and O–H groups in total. The second-order valence-electron chi connectivity index (χ2n) is 5.50. The summed E-state index contributed by atoms with van der Waals surface area (Å²) < 4.78 is 0. The minimum absolute atomic E-state index is 0.209. The molecule has 0 spiro atoms. The van der Waals surface area contributed by atoms with Crippen LogP contribution in [0, 0.1) is 0 Å². The first-order chi connectivity index (χ1) is 9.74. The molecule has 0 aromatic heterocycles. The van der Waals surface area contributed by atoms with Crippen molar-refractivity contribution in [1.82, 2.24) is 0 Å². The Morgan fingerprint density at radius 1 is 0.950 bits per heavy atom. The predicted molar refractivity (Wildman–Crippen MR) is 81.8 cm³/mol. The molecule has 0 heterocycles. The van der Waals surface area contributed by atoms with E-state index in [0.29, 0.717) is 0 Å². The zero-order valence-electron chi connectivity index (χ0n) is 11.8. The number of carbonyl (C=O) groups is 1. The molecule has 0 radical (unpaired) electrons. The Balaban J connectivity index is 1.92. The van der Waals surface area contributed by atoms with Crippen molar-refractivity contribution in [2.75, 3.05) is 11.9 Å². The zero-order valence-corrected chi connectivity index (χ0v) is 11.8. The summed E-state index contributed by atoms with van der Waals surface area (Å²) in [6.45, 7) is 0. The van der Waals surface area contributed by atoms with E-state index in [9.17, 15) is 4.79 Å². The van der Waals surface area contributed by atoms with Crippen LogP contribution in [0.1, 0.15) is 24.8 Å². The first-order valence-corrected chi connectivity index (χ1v) is 7.13. The number of hydrogen-bond acceptors (Lipinski definition) is 1. The zero-order chi connectivity index (χ0) is 14.0. The number of amides is 1. The maximum atomic E-state index is 13.0. The van der Waals surface area contributed by atoms with Gasteiger partial charge in [0.1, 0.15) is 0 Å². The Hall–Kier alpha value is -2.09. The number of likely N-dealkylation sites (N-methyl/N-ethyl adjacent to an activating group) is 1. The predicted octanol–water partition coefficient (Wildman–Crippen LogP) is 3.77. The normalized spacial score (nSPS) is 16.2. The van der Waals surface area contributed by atoms with Gasteiger partial charge in [-0.05, 0) is 30.5 Å². The number of carbonyl (C=O) groups excluding carboxylic acids is 1. The van der Waals surface area contributed by atoms with E-state index in [1.807, 2.05) is 55.6 Å². The molecule has 3 rings (SSSR count). The quantitative estimate of drug-likeness (QED) is 0.827. The highest BCUT2D eigenvalue weighted by Gasteiger charge is 2.47. The molecule has 1 amide bonds. The van der Waals surface area contributed by atoms with Gasteiger partial charge in [0.25, 0.3) is 0 Å². The molecule has 1 fully saturated rings. The average molecular weight is 265 g/mol. The van der Waals surface area contributed by atoms with E-state index in [1.165, 1.54) is 0 Å². The van der Waals surface area contributed by atoms with Crippen molar-refractivity contribution in [3.63, 3.8) is 0 Å². The van der Waals surface area contributed by atoms with Crippen LogP contribution in [0.15, 0.2) is 60.7 Å². The lowest BCUT2D eigenvalue weighted by atomic mass is 9.63. The van der Waals surface area contributed by atoms with Crippen LogP contribution >= 0.6 is 0 Å². The van der Waals surface area contributed by atoms with Gasteiger partial charge in [0.15, 0.2) is 0 Å². The van der Waals surface area contributed by atoms with Gasteiger partial charge in [0.2, 0.25) is 5.91 Å². The van der Waals surface area contributed by atoms with Gasteiger partial charge in [0, 0.05) is 12.7 Å². The minimum atomic E-state index is -0.314. The van der Waals surface area contributed by atoms with E-state index in [0.717, 1.165) is 30.5 Å². The van der Waals surface area contributed by atoms with Crippen LogP contribution in [0.25, 0.3) is 0 Å². The van der Waals surface area contributed by atoms with Crippen molar-refractivity contribution in [3.8, 4) is 0 Å². The van der Waals surface area contributed by atoms with Gasteiger partial charge in [-0.15, -0.1) is 0 Å². The summed E-state index contributed by atoms with van der Waals surface area (Å²) in [5, 5.41) is 0. The highest BCUT2D eigenvalue weighted by atomic mass is 16.2. The van der Waals surface area contributed by atoms with Crippen LogP contribution < -0.4 is 4.90 Å². The van der Waals surface area contributed by atoms with Crippen LogP contribution in [0.2, 0.25) is 0 Å². The molecular weight excluding hydrogens is 246 g/mol. The number of hydrogen-bond donors (Lipinski definition) is 0. The van der Waals surface area contributed by atoms with Crippen molar-refractivity contribution < 1.29 is 4.79 Å². The Morgan fingerprint density at radius 2 is 1.50 bits per heavy atom. The third kappa shape index (κ3) is 2.01. The van der Waals surface area contributed by atoms with Gasteiger partial charge in [-0.1, -0.05) is 55.0 Å². The minimum Gasteiger partial charge on any atom is -0.315 e. The summed E-state index contributed by atoms with van der Waals surface area (Å²) in [5.41, 5.74) is 1.80. The molecule has 2 aromatic carbocycles. The fraction of sp³-hybridized carbons (Fsp3) is 0.278. The van der Waals surface area contributed by atoms with Crippen molar-refractivity contribution in [2.24, 2.45) is 0 Å². The molecule has 1 aliphatic rings. The lowest BCUT2D eigenvalue weighted by Crippen LogP contribution is -2.50. The number of benzene rings is 2. The Bertz CT molecular complexity index is 587. The second-order valence-corrected chi connectivity index (χ2v) is 5.50. The van der Waals surface area contributed by atoms with E-state index < -0.39 is 0 Å². The van der Waals surface area contributed by atoms with E-state index in [-0.39, 0.29) is 11.3 Å². The molecule has 0 saturated heterocycles. The standard InChI is InChI=1S/C18H19NO/c1-19(16-11-6-3-7-12-16)17(20)18(13-8-14-18)15-9-4-2-5-10-15/h2-7,9-12H,8,13-14H2,1H3. The van der Waals surface area contributed by atoms with Crippen LogP contribution in [0.4, 0.5) is 5.69 Å². The van der Waals surface area contributed by atoms with Crippen molar-refractivity contribution in [1.29, 1.82) is 0 Å². The smallest absolute Gasteiger partial charge is 0.237 e. The van der Waals surface area contributed by atoms with Crippen LogP contribution in [-0.4, -0.2) is 13.0 Å². The first kappa shape index (κ1) is 12.9. The molecule has 2 heteroatoms. The van der Waals surface area contributed by atoms with Gasteiger partial charge in [-0.25, -0.2) is 0 Å². The molecule has 2 nitrogen and oxygen atoms in total. The highest BCUT2D eigenvalue weighted by Crippen LogP contribution is 2.45. The van der Waals surface area contributed by atoms with Gasteiger partial charge in [0.05, 0.1) is 5.41 Å². The summed E-state index contributed by atoms with van der Waals surface area (Å²) in [7, 11) is 1.88. The van der Waals surface area contributed by atoms with Crippen molar-refractivity contribution in [2.45, 2.75) is 24.7 Å². The van der Waals surface area contributed by atoms with E-state index in [2.05, 4.69) is 12.1 Å². The lowest BCUT2D eigenvalue weighted by molar-refractivity contribution is -0.126. The monoisotopic (exact) mass is 265 g/mol. The SMILES string of the molecule is CN(C(=O)C1(c2ccccc2)CCC1)c1ccccc1. The van der Waals surface area contributed by atoms with Crippen LogP contribution in [0.3, 0.4) is 0 Å². The fourth-order valence-electron chi connectivity index (χ4n) is 3.00. The van der Waals surface area contributed by atoms with Gasteiger partial charge in [-0.2, -0.15) is 0 Å². The van der Waals surface area contributed by atoms with Crippen LogP contribution in [0.5, 0.6) is 0 Å². The third-order valence-corrected chi connectivity index (χ3v) is 4.39. The molecule has 1 aliphatic carbocycles. The third-order valence-electron chi connectivity index (χ3n) is 4.39. The maximum absolute atomic E-state index is 13.0. The largest absolute Gasteiger partial charge is 0.315 e. The molecule has 1 saturated carbocycles. The molecule has 102 valence electrons. The van der Waals surface area contributed by atoms with Crippen LogP contribution in [-0.2, 0) is 10.2 Å². The molecular formula is C18H19NO. The molecule has 20 heavy (non-hydrogen) atoms. The van der Waals surface area contributed by atoms with Gasteiger partial charge in [-0.3, -0.25) is 4.79 Å². The molecule has 0 aliphatic heterocycles. The number of para-hydroxylation sites is 1. The number of rotatable bonds is 3. The van der Waals surface area contributed by atoms with E-state index in [1.54, 1.807) is 4.90 Å². The summed E-state index contributed by atoms with van der Waals surface area (Å²) >= 11 is 0. The Labute approximate surface area is 120 Å². The van der Waals surface area contributed by atoms with Gasteiger partial charge >= 0.3 is 0 Å². The Kier molecular flexibility index (Phi) is 3.31. The fourth-order valence-corrected chi connectivity index (χ4v) is 3.00. The summed E-state index contributed by atoms with van der Waals surface area (Å²) in [4.78, 5) is 14.8. The Morgan fingerprint density at radius 3 is 2.00 bits per heavy atom. The average Bonchev–Trinajstić information content (AvgIpc) is 2.47. The lowest BCUT2D eigenvalue weighted by Gasteiger charge is -2.43. The second kappa shape index (κ2) is 5.12. The first-order valence-electron chi connectivity index (χ1n) is 7.13. The summed E-state index contributed by atoms with van der Waals surface area (Å²) in [6, 6.07) is 20.1. The summed E-state index contributed by atoms with van der Waals surface area (Å²) in [5.74, 6) is 0.209. The molecule has 0 unspecified atom stereocenters. The number of nitrogens with zero attached hydrogens (tertiary/aromatic N) is 1. The van der Waals surface area contributed by atoms with E-state index >= 15 is 0 Å². The molecule has 0 atom stereocenters. The van der Waals surface area contributed by atoms with Gasteiger partial charge < -0.3 is 4.90 Å².